The minimum Gasteiger partial charge on any atom is -0.465 e. The molecule has 0 bridgehead atoms. The molecule has 1 aliphatic rings. The molecular formula is C11H21NO3. The van der Waals surface area contributed by atoms with Crippen molar-refractivity contribution in [1.82, 2.24) is 4.90 Å². The first-order valence-electron chi connectivity index (χ1n) is 5.65. The van der Waals surface area contributed by atoms with E-state index in [-0.39, 0.29) is 24.0 Å². The molecule has 15 heavy (non-hydrogen) atoms. The predicted octanol–water partition coefficient (Wildman–Crippen LogP) is 0.641. The number of hydrogen-bond acceptors (Lipinski definition) is 4. The molecule has 0 aromatic heterocycles. The van der Waals surface area contributed by atoms with Gasteiger partial charge in [-0.15, -0.1) is 0 Å². The van der Waals surface area contributed by atoms with Gasteiger partial charge in [0.1, 0.15) is 6.04 Å². The van der Waals surface area contributed by atoms with Crippen LogP contribution < -0.4 is 0 Å². The number of rotatable bonds is 3. The summed E-state index contributed by atoms with van der Waals surface area (Å²) in [5.74, 6) is 0.0664. The molecule has 0 radical (unpaired) electrons. The Labute approximate surface area is 91.2 Å². The summed E-state index contributed by atoms with van der Waals surface area (Å²) in [5, 5.41) is 9.58. The summed E-state index contributed by atoms with van der Waals surface area (Å²) in [6, 6.07) is -0.195. The number of ether oxygens (including phenoxy) is 1. The number of nitrogens with zero attached hydrogens (tertiary/aromatic N) is 1. The fourth-order valence-corrected chi connectivity index (χ4v) is 1.93. The lowest BCUT2D eigenvalue weighted by Crippen LogP contribution is -2.49. The standard InChI is InChI=1S/C11H21NO3/c1-4-15-11(14)9(3)12-6-5-10(13)8(2)7-12/h8-10,13H,4-7H2,1-3H3. The van der Waals surface area contributed by atoms with Gasteiger partial charge in [-0.25, -0.2) is 0 Å². The van der Waals surface area contributed by atoms with E-state index in [4.69, 9.17) is 4.74 Å². The second-order valence-electron chi connectivity index (χ2n) is 4.26. The van der Waals surface area contributed by atoms with Crippen molar-refractivity contribution in [1.29, 1.82) is 0 Å². The summed E-state index contributed by atoms with van der Waals surface area (Å²) in [7, 11) is 0. The summed E-state index contributed by atoms with van der Waals surface area (Å²) in [6.45, 7) is 7.64. The minimum atomic E-state index is -0.226. The maximum atomic E-state index is 11.5. The second-order valence-corrected chi connectivity index (χ2v) is 4.26. The highest BCUT2D eigenvalue weighted by atomic mass is 16.5. The van der Waals surface area contributed by atoms with Crippen LogP contribution in [0.1, 0.15) is 27.2 Å². The van der Waals surface area contributed by atoms with Crippen molar-refractivity contribution in [3.63, 3.8) is 0 Å². The highest BCUT2D eigenvalue weighted by Gasteiger charge is 2.30. The van der Waals surface area contributed by atoms with E-state index >= 15 is 0 Å². The minimum absolute atomic E-state index is 0.166. The monoisotopic (exact) mass is 215 g/mol. The molecule has 1 aliphatic heterocycles. The van der Waals surface area contributed by atoms with Crippen molar-refractivity contribution in [2.24, 2.45) is 5.92 Å². The lowest BCUT2D eigenvalue weighted by molar-refractivity contribution is -0.150. The summed E-state index contributed by atoms with van der Waals surface area (Å²) in [4.78, 5) is 13.6. The molecule has 4 nitrogen and oxygen atoms in total. The van der Waals surface area contributed by atoms with Crippen LogP contribution >= 0.6 is 0 Å². The average molecular weight is 215 g/mol. The lowest BCUT2D eigenvalue weighted by atomic mass is 9.96. The molecule has 0 saturated carbocycles. The van der Waals surface area contributed by atoms with E-state index in [1.807, 2.05) is 20.8 Å². The molecule has 3 atom stereocenters. The molecule has 1 rings (SSSR count). The van der Waals surface area contributed by atoms with Crippen LogP contribution in [0.3, 0.4) is 0 Å². The van der Waals surface area contributed by atoms with Crippen LogP contribution in [0.5, 0.6) is 0 Å². The number of esters is 1. The zero-order valence-corrected chi connectivity index (χ0v) is 9.77. The molecule has 1 saturated heterocycles. The van der Waals surface area contributed by atoms with Gasteiger partial charge in [0.15, 0.2) is 0 Å². The Morgan fingerprint density at radius 1 is 1.67 bits per heavy atom. The molecule has 1 heterocycles. The molecular weight excluding hydrogens is 194 g/mol. The average Bonchev–Trinajstić information content (AvgIpc) is 2.21. The number of hydrogen-bond donors (Lipinski definition) is 1. The summed E-state index contributed by atoms with van der Waals surface area (Å²) in [6.07, 6.45) is 0.515. The molecule has 1 fully saturated rings. The van der Waals surface area contributed by atoms with E-state index in [9.17, 15) is 9.90 Å². The van der Waals surface area contributed by atoms with E-state index < -0.39 is 0 Å². The van der Waals surface area contributed by atoms with Gasteiger partial charge in [-0.05, 0) is 26.2 Å². The fraction of sp³-hybridized carbons (Fsp3) is 0.909. The maximum absolute atomic E-state index is 11.5. The maximum Gasteiger partial charge on any atom is 0.323 e. The third-order valence-corrected chi connectivity index (χ3v) is 3.07. The van der Waals surface area contributed by atoms with Crippen LogP contribution in [0.4, 0.5) is 0 Å². The van der Waals surface area contributed by atoms with E-state index in [0.717, 1.165) is 19.5 Å². The van der Waals surface area contributed by atoms with Crippen LogP contribution in [-0.2, 0) is 9.53 Å². The Morgan fingerprint density at radius 2 is 2.33 bits per heavy atom. The van der Waals surface area contributed by atoms with Gasteiger partial charge in [-0.1, -0.05) is 6.92 Å². The summed E-state index contributed by atoms with van der Waals surface area (Å²) < 4.78 is 4.98. The Hall–Kier alpha value is -0.610. The van der Waals surface area contributed by atoms with Crippen molar-refractivity contribution >= 4 is 5.97 Å². The van der Waals surface area contributed by atoms with Crippen molar-refractivity contribution < 1.29 is 14.6 Å². The quantitative estimate of drug-likeness (QED) is 0.702. The summed E-state index contributed by atoms with van der Waals surface area (Å²) in [5.41, 5.74) is 0. The van der Waals surface area contributed by atoms with Crippen molar-refractivity contribution in [3.05, 3.63) is 0 Å². The molecule has 0 aromatic carbocycles. The first-order valence-corrected chi connectivity index (χ1v) is 5.65. The first-order chi connectivity index (χ1) is 7.06. The Morgan fingerprint density at radius 3 is 2.87 bits per heavy atom. The van der Waals surface area contributed by atoms with Crippen LogP contribution in [0.2, 0.25) is 0 Å². The van der Waals surface area contributed by atoms with Gasteiger partial charge in [0, 0.05) is 13.1 Å². The zero-order valence-electron chi connectivity index (χ0n) is 9.77. The molecule has 0 aromatic rings. The number of carbonyl (C=O) groups excluding carboxylic acids is 1. The molecule has 4 heteroatoms. The van der Waals surface area contributed by atoms with Crippen molar-refractivity contribution in [2.75, 3.05) is 19.7 Å². The molecule has 3 unspecified atom stereocenters. The highest BCUT2D eigenvalue weighted by molar-refractivity contribution is 5.75. The fourth-order valence-electron chi connectivity index (χ4n) is 1.93. The van der Waals surface area contributed by atoms with Crippen molar-refractivity contribution in [3.8, 4) is 0 Å². The molecule has 0 spiro atoms. The molecule has 0 aliphatic carbocycles. The zero-order chi connectivity index (χ0) is 11.4. The van der Waals surface area contributed by atoms with Crippen LogP contribution in [0.25, 0.3) is 0 Å². The lowest BCUT2D eigenvalue weighted by Gasteiger charge is -2.36. The van der Waals surface area contributed by atoms with Gasteiger partial charge in [-0.2, -0.15) is 0 Å². The largest absolute Gasteiger partial charge is 0.465 e. The van der Waals surface area contributed by atoms with Gasteiger partial charge >= 0.3 is 5.97 Å². The number of aliphatic hydroxyl groups excluding tert-OH is 1. The van der Waals surface area contributed by atoms with Gasteiger partial charge in [-0.3, -0.25) is 9.69 Å². The first kappa shape index (κ1) is 12.5. The smallest absolute Gasteiger partial charge is 0.323 e. The third kappa shape index (κ3) is 3.18. The highest BCUT2D eigenvalue weighted by Crippen LogP contribution is 2.18. The SMILES string of the molecule is CCOC(=O)C(C)N1CCC(O)C(C)C1. The predicted molar refractivity (Wildman–Crippen MR) is 57.5 cm³/mol. The Bertz CT molecular complexity index is 220. The number of piperidine rings is 1. The van der Waals surface area contributed by atoms with Crippen LogP contribution in [0, 0.1) is 5.92 Å². The second kappa shape index (κ2) is 5.47. The number of carbonyl (C=O) groups is 1. The third-order valence-electron chi connectivity index (χ3n) is 3.07. The van der Waals surface area contributed by atoms with E-state index in [1.54, 1.807) is 0 Å². The van der Waals surface area contributed by atoms with E-state index in [1.165, 1.54) is 0 Å². The number of aliphatic hydroxyl groups is 1. The Kier molecular flexibility index (Phi) is 4.54. The van der Waals surface area contributed by atoms with E-state index in [0.29, 0.717) is 6.61 Å². The summed E-state index contributed by atoms with van der Waals surface area (Å²) >= 11 is 0. The Balaban J connectivity index is 2.46. The van der Waals surface area contributed by atoms with Gasteiger partial charge in [0.25, 0.3) is 0 Å². The molecule has 0 amide bonds. The van der Waals surface area contributed by atoms with Gasteiger partial charge < -0.3 is 9.84 Å². The van der Waals surface area contributed by atoms with E-state index in [2.05, 4.69) is 4.90 Å². The topological polar surface area (TPSA) is 49.8 Å². The van der Waals surface area contributed by atoms with Gasteiger partial charge in [0.05, 0.1) is 12.7 Å². The van der Waals surface area contributed by atoms with Gasteiger partial charge in [0.2, 0.25) is 0 Å². The molecule has 88 valence electrons. The number of likely N-dealkylation sites (tertiary alicyclic amines) is 1. The van der Waals surface area contributed by atoms with Crippen LogP contribution in [-0.4, -0.2) is 47.8 Å². The normalized spacial score (nSPS) is 29.9. The van der Waals surface area contributed by atoms with Crippen molar-refractivity contribution in [2.45, 2.75) is 39.3 Å². The van der Waals surface area contributed by atoms with Crippen LogP contribution in [0.15, 0.2) is 0 Å². The molecule has 1 N–H and O–H groups in total.